The van der Waals surface area contributed by atoms with E-state index in [1.165, 1.54) is 0 Å². The van der Waals surface area contributed by atoms with Crippen LogP contribution in [0.3, 0.4) is 0 Å². The molecule has 0 spiro atoms. The third-order valence-electron chi connectivity index (χ3n) is 4.42. The molecule has 3 aromatic rings. The van der Waals surface area contributed by atoms with Gasteiger partial charge in [0.25, 0.3) is 0 Å². The largest absolute Gasteiger partial charge is 0.486 e. The van der Waals surface area contributed by atoms with E-state index in [-0.39, 0.29) is 25.4 Å². The van der Waals surface area contributed by atoms with Gasteiger partial charge in [-0.05, 0) is 78.9 Å². The van der Waals surface area contributed by atoms with E-state index in [4.69, 9.17) is 14.7 Å². The zero-order valence-corrected chi connectivity index (χ0v) is 18.2. The van der Waals surface area contributed by atoms with E-state index in [2.05, 4.69) is 22.6 Å². The number of nitriles is 1. The summed E-state index contributed by atoms with van der Waals surface area (Å²) in [6.07, 6.45) is -0.196. The van der Waals surface area contributed by atoms with Crippen LogP contribution in [-0.2, 0) is 9.53 Å². The molecule has 3 rings (SSSR count). The van der Waals surface area contributed by atoms with Crippen molar-refractivity contribution in [1.29, 1.82) is 5.26 Å². The van der Waals surface area contributed by atoms with Gasteiger partial charge in [0.1, 0.15) is 12.4 Å². The molecule has 0 unspecified atom stereocenters. The highest BCUT2D eigenvalue weighted by atomic mass is 127. The van der Waals surface area contributed by atoms with Gasteiger partial charge in [-0.3, -0.25) is 4.79 Å². The van der Waals surface area contributed by atoms with Crippen molar-refractivity contribution >= 4 is 45.2 Å². The average molecular weight is 502 g/mol. The lowest BCUT2D eigenvalue weighted by Crippen LogP contribution is -2.10. The van der Waals surface area contributed by atoms with Crippen LogP contribution in [0, 0.1) is 21.8 Å². The molecule has 29 heavy (non-hydrogen) atoms. The number of rotatable bonds is 7. The molecular weight excluding hydrogens is 483 g/mol. The van der Waals surface area contributed by atoms with Crippen molar-refractivity contribution in [2.24, 2.45) is 0 Å². The fraction of sp³-hybridized carbons (Fsp3) is 0.227. The molecule has 0 N–H and O–H groups in total. The first-order valence-electron chi connectivity index (χ1n) is 9.05. The Hall–Kier alpha value is -2.86. The third-order valence-corrected chi connectivity index (χ3v) is 5.14. The molecule has 1 heterocycles. The number of hydrogen-bond donors (Lipinski definition) is 0. The second kappa shape index (κ2) is 9.09. The highest BCUT2D eigenvalue weighted by Crippen LogP contribution is 2.32. The summed E-state index contributed by atoms with van der Waals surface area (Å²) in [6, 6.07) is 15.1. The van der Waals surface area contributed by atoms with Crippen LogP contribution in [0.1, 0.15) is 29.4 Å². The van der Waals surface area contributed by atoms with Crippen molar-refractivity contribution < 1.29 is 19.1 Å². The number of carbonyl (C=O) groups is 2. The molecule has 0 aliphatic carbocycles. The Balaban J connectivity index is 2.11. The number of hydrogen-bond acceptors (Lipinski definition) is 5. The molecule has 0 saturated heterocycles. The molecule has 7 heteroatoms. The lowest BCUT2D eigenvalue weighted by atomic mass is 10.1. The van der Waals surface area contributed by atoms with E-state index in [1.54, 1.807) is 19.1 Å². The van der Waals surface area contributed by atoms with Crippen LogP contribution in [0.2, 0.25) is 0 Å². The van der Waals surface area contributed by atoms with E-state index >= 15 is 0 Å². The first-order chi connectivity index (χ1) is 14.0. The Morgan fingerprint density at radius 3 is 2.55 bits per heavy atom. The summed E-state index contributed by atoms with van der Waals surface area (Å²) >= 11 is 2.25. The van der Waals surface area contributed by atoms with Crippen molar-refractivity contribution in [3.8, 4) is 17.5 Å². The van der Waals surface area contributed by atoms with E-state index in [1.807, 2.05) is 47.9 Å². The second-order valence-electron chi connectivity index (χ2n) is 6.33. The van der Waals surface area contributed by atoms with Crippen molar-refractivity contribution in [3.63, 3.8) is 0 Å². The van der Waals surface area contributed by atoms with Gasteiger partial charge in [0.15, 0.2) is 5.78 Å². The molecule has 0 amide bonds. The van der Waals surface area contributed by atoms with Crippen LogP contribution in [0.25, 0.3) is 16.6 Å². The summed E-state index contributed by atoms with van der Waals surface area (Å²) in [4.78, 5) is 24.3. The number of carbonyl (C=O) groups excluding carboxylic acids is 2. The number of benzene rings is 2. The van der Waals surface area contributed by atoms with Gasteiger partial charge in [-0.25, -0.2) is 4.79 Å². The van der Waals surface area contributed by atoms with E-state index in [0.29, 0.717) is 16.7 Å². The molecule has 0 saturated carbocycles. The Morgan fingerprint density at radius 1 is 1.17 bits per heavy atom. The molecule has 0 atom stereocenters. The first-order valence-corrected chi connectivity index (χ1v) is 10.1. The summed E-state index contributed by atoms with van der Waals surface area (Å²) in [5.41, 5.74) is 3.00. The zero-order chi connectivity index (χ0) is 21.0. The van der Waals surface area contributed by atoms with Crippen molar-refractivity contribution in [2.75, 3.05) is 13.2 Å². The highest BCUT2D eigenvalue weighted by molar-refractivity contribution is 14.1. The van der Waals surface area contributed by atoms with Gasteiger partial charge in [-0.2, -0.15) is 5.26 Å². The Kier molecular flexibility index (Phi) is 6.54. The fourth-order valence-corrected chi connectivity index (χ4v) is 3.53. The highest BCUT2D eigenvalue weighted by Gasteiger charge is 2.22. The van der Waals surface area contributed by atoms with Gasteiger partial charge in [0, 0.05) is 20.3 Å². The molecular formula is C22H19IN2O4. The van der Waals surface area contributed by atoms with Crippen LogP contribution in [0.15, 0.2) is 42.5 Å². The van der Waals surface area contributed by atoms with Gasteiger partial charge in [-0.1, -0.05) is 0 Å². The molecule has 0 bridgehead atoms. The standard InChI is InChI=1S/C22H19IN2O4/c1-3-28-22(27)21-14(2)25(16-6-4-15(23)5-7-16)20-9-8-18(12-19(20)21)29-13-17(26)10-11-24/h4-9,12H,3,10,13H2,1-2H3. The minimum absolute atomic E-state index is 0.190. The topological polar surface area (TPSA) is 81.3 Å². The van der Waals surface area contributed by atoms with Crippen molar-refractivity contribution in [2.45, 2.75) is 20.3 Å². The van der Waals surface area contributed by atoms with Crippen LogP contribution >= 0.6 is 22.6 Å². The number of aromatic nitrogens is 1. The molecule has 0 aliphatic rings. The number of ether oxygens (including phenoxy) is 2. The number of esters is 1. The Morgan fingerprint density at radius 2 is 1.90 bits per heavy atom. The minimum atomic E-state index is -0.406. The summed E-state index contributed by atoms with van der Waals surface area (Å²) in [6.45, 7) is 3.72. The summed E-state index contributed by atoms with van der Waals surface area (Å²) in [5.74, 6) is -0.253. The Bertz CT molecular complexity index is 1110. The second-order valence-corrected chi connectivity index (χ2v) is 7.58. The lowest BCUT2D eigenvalue weighted by Gasteiger charge is -2.09. The molecule has 6 nitrogen and oxygen atoms in total. The molecule has 2 aromatic carbocycles. The van der Waals surface area contributed by atoms with Gasteiger partial charge in [-0.15, -0.1) is 0 Å². The number of nitrogens with zero attached hydrogens (tertiary/aromatic N) is 2. The van der Waals surface area contributed by atoms with E-state index in [0.717, 1.165) is 20.5 Å². The van der Waals surface area contributed by atoms with Gasteiger partial charge in [0.05, 0.1) is 30.2 Å². The predicted octanol–water partition coefficient (Wildman–Crippen LogP) is 4.58. The first kappa shape index (κ1) is 20.9. The molecule has 0 aliphatic heterocycles. The predicted molar refractivity (Wildman–Crippen MR) is 117 cm³/mol. The quantitative estimate of drug-likeness (QED) is 0.349. The van der Waals surface area contributed by atoms with E-state index < -0.39 is 5.97 Å². The number of fused-ring (bicyclic) bond motifs is 1. The lowest BCUT2D eigenvalue weighted by molar-refractivity contribution is -0.120. The third kappa shape index (κ3) is 4.43. The van der Waals surface area contributed by atoms with Crippen LogP contribution < -0.4 is 4.74 Å². The maximum absolute atomic E-state index is 12.7. The van der Waals surface area contributed by atoms with Crippen molar-refractivity contribution in [1.82, 2.24) is 4.57 Å². The minimum Gasteiger partial charge on any atom is -0.486 e. The van der Waals surface area contributed by atoms with Crippen molar-refractivity contribution in [3.05, 3.63) is 57.3 Å². The smallest absolute Gasteiger partial charge is 0.340 e. The number of ketones is 1. The Labute approximate surface area is 182 Å². The van der Waals surface area contributed by atoms with Gasteiger partial charge >= 0.3 is 5.97 Å². The van der Waals surface area contributed by atoms with E-state index in [9.17, 15) is 9.59 Å². The fourth-order valence-electron chi connectivity index (χ4n) is 3.17. The summed E-state index contributed by atoms with van der Waals surface area (Å²) < 4.78 is 13.9. The van der Waals surface area contributed by atoms with Crippen LogP contribution in [-0.4, -0.2) is 29.5 Å². The molecule has 1 aromatic heterocycles. The van der Waals surface area contributed by atoms with Gasteiger partial charge in [0.2, 0.25) is 0 Å². The molecule has 0 radical (unpaired) electrons. The summed E-state index contributed by atoms with van der Waals surface area (Å²) in [5, 5.41) is 9.29. The maximum atomic E-state index is 12.7. The number of Topliss-reactive ketones (excluding diaryl/α,β-unsaturated/α-hetero) is 1. The normalized spacial score (nSPS) is 10.6. The molecule has 0 fully saturated rings. The van der Waals surface area contributed by atoms with Crippen LogP contribution in [0.4, 0.5) is 0 Å². The SMILES string of the molecule is CCOC(=O)c1c(C)n(-c2ccc(I)cc2)c2ccc(OCC(=O)CC#N)cc12. The van der Waals surface area contributed by atoms with Crippen LogP contribution in [0.5, 0.6) is 5.75 Å². The number of halogens is 1. The maximum Gasteiger partial charge on any atom is 0.340 e. The summed E-state index contributed by atoms with van der Waals surface area (Å²) in [7, 11) is 0. The zero-order valence-electron chi connectivity index (χ0n) is 16.1. The molecule has 148 valence electrons. The monoisotopic (exact) mass is 502 g/mol. The van der Waals surface area contributed by atoms with Gasteiger partial charge < -0.3 is 14.0 Å². The average Bonchev–Trinajstić information content (AvgIpc) is 2.98.